The van der Waals surface area contributed by atoms with Crippen molar-refractivity contribution in [2.45, 2.75) is 19.1 Å². The number of halogens is 1. The van der Waals surface area contributed by atoms with Crippen LogP contribution < -0.4 is 11.1 Å². The number of hydrogen-bond donors (Lipinski definition) is 2. The number of likely N-dealkylation sites (N-methyl/N-ethyl adjacent to an activating group) is 1. The molecule has 1 amide bonds. The predicted molar refractivity (Wildman–Crippen MR) is 110 cm³/mol. The largest absolute Gasteiger partial charge is 0.381 e. The van der Waals surface area contributed by atoms with Gasteiger partial charge in [0, 0.05) is 24.3 Å². The van der Waals surface area contributed by atoms with E-state index in [1.807, 2.05) is 72.6 Å². The number of nitrogens with one attached hydrogen (secondary N) is 1. The predicted octanol–water partition coefficient (Wildman–Crippen LogP) is 4.10. The Morgan fingerprint density at radius 2 is 1.64 bits per heavy atom. The summed E-state index contributed by atoms with van der Waals surface area (Å²) in [5.74, 6) is -0.594. The van der Waals surface area contributed by atoms with E-state index in [-0.39, 0.29) is 11.7 Å². The molecule has 4 nitrogen and oxygen atoms in total. The second-order valence-electron chi connectivity index (χ2n) is 6.77. The van der Waals surface area contributed by atoms with Crippen LogP contribution in [0.1, 0.15) is 22.7 Å². The number of carbonyl (C=O) groups excluding carboxylic acids is 1. The van der Waals surface area contributed by atoms with E-state index in [0.717, 1.165) is 16.8 Å². The zero-order valence-electron chi connectivity index (χ0n) is 15.8. The summed E-state index contributed by atoms with van der Waals surface area (Å²) in [6, 6.07) is 23.6. The molecule has 0 aromatic heterocycles. The number of rotatable bonds is 8. The van der Waals surface area contributed by atoms with Crippen molar-refractivity contribution in [3.8, 4) is 0 Å². The summed E-state index contributed by atoms with van der Waals surface area (Å²) in [4.78, 5) is 13.9. The third-order valence-electron chi connectivity index (χ3n) is 4.65. The van der Waals surface area contributed by atoms with E-state index in [4.69, 9.17) is 5.73 Å². The van der Waals surface area contributed by atoms with E-state index in [2.05, 4.69) is 5.32 Å². The molecule has 0 spiro atoms. The monoisotopic (exact) mass is 377 g/mol. The molecule has 3 aromatic carbocycles. The van der Waals surface area contributed by atoms with Crippen LogP contribution in [0.2, 0.25) is 0 Å². The fourth-order valence-corrected chi connectivity index (χ4v) is 3.22. The fourth-order valence-electron chi connectivity index (χ4n) is 3.22. The Morgan fingerprint density at radius 3 is 2.29 bits per heavy atom. The number of carbonyl (C=O) groups is 1. The first-order valence-corrected chi connectivity index (χ1v) is 9.15. The number of primary amides is 1. The number of amides is 1. The van der Waals surface area contributed by atoms with E-state index in [9.17, 15) is 9.18 Å². The lowest BCUT2D eigenvalue weighted by atomic mass is 10.0. The molecule has 1 atom stereocenters. The Hall–Kier alpha value is -3.18. The zero-order chi connectivity index (χ0) is 19.9. The van der Waals surface area contributed by atoms with Gasteiger partial charge in [-0.25, -0.2) is 4.39 Å². The van der Waals surface area contributed by atoms with Gasteiger partial charge in [0.25, 0.3) is 0 Å². The van der Waals surface area contributed by atoms with Gasteiger partial charge in [0.1, 0.15) is 11.9 Å². The van der Waals surface area contributed by atoms with Gasteiger partial charge in [-0.15, -0.1) is 0 Å². The van der Waals surface area contributed by atoms with Gasteiger partial charge in [0.2, 0.25) is 5.91 Å². The van der Waals surface area contributed by atoms with Crippen molar-refractivity contribution in [2.75, 3.05) is 12.4 Å². The second-order valence-corrected chi connectivity index (χ2v) is 6.77. The Morgan fingerprint density at radius 1 is 1.00 bits per heavy atom. The molecule has 0 radical (unpaired) electrons. The molecule has 0 aliphatic heterocycles. The van der Waals surface area contributed by atoms with Crippen LogP contribution in [-0.4, -0.2) is 17.9 Å². The summed E-state index contributed by atoms with van der Waals surface area (Å²) in [7, 11) is 1.88. The highest BCUT2D eigenvalue weighted by Crippen LogP contribution is 2.22. The number of nitrogens with two attached hydrogens (primary N) is 1. The Balaban J connectivity index is 1.63. The molecule has 1 unspecified atom stereocenters. The minimum Gasteiger partial charge on any atom is -0.381 e. The average molecular weight is 377 g/mol. The van der Waals surface area contributed by atoms with Gasteiger partial charge in [-0.2, -0.15) is 0 Å². The van der Waals surface area contributed by atoms with Crippen LogP contribution >= 0.6 is 0 Å². The minimum absolute atomic E-state index is 0.216. The van der Waals surface area contributed by atoms with Crippen LogP contribution in [0.4, 0.5) is 10.1 Å². The summed E-state index contributed by atoms with van der Waals surface area (Å²) in [5, 5.41) is 3.22. The van der Waals surface area contributed by atoms with E-state index in [1.165, 1.54) is 6.07 Å². The quantitative estimate of drug-likeness (QED) is 0.621. The van der Waals surface area contributed by atoms with E-state index in [1.54, 1.807) is 12.1 Å². The molecule has 0 aliphatic rings. The summed E-state index contributed by atoms with van der Waals surface area (Å²) >= 11 is 0. The standard InChI is InChI=1S/C23H24FN3O/c1-27(22(23(25)28)18-7-3-2-4-8-18)16-17-11-13-20(14-12-17)26-15-19-9-5-6-10-21(19)24/h2-14,22,26H,15-16H2,1H3,(H2,25,28). The number of benzene rings is 3. The fraction of sp³-hybridized carbons (Fsp3) is 0.174. The molecule has 0 saturated carbocycles. The highest BCUT2D eigenvalue weighted by Gasteiger charge is 2.22. The third-order valence-corrected chi connectivity index (χ3v) is 4.65. The van der Waals surface area contributed by atoms with Crippen LogP contribution in [0, 0.1) is 5.82 Å². The Labute approximate surface area is 164 Å². The van der Waals surface area contributed by atoms with Gasteiger partial charge in [0.05, 0.1) is 0 Å². The van der Waals surface area contributed by atoms with E-state index < -0.39 is 6.04 Å². The van der Waals surface area contributed by atoms with Crippen molar-refractivity contribution in [3.05, 3.63) is 101 Å². The molecule has 3 aromatic rings. The molecule has 5 heteroatoms. The molecule has 0 aliphatic carbocycles. The van der Waals surface area contributed by atoms with Gasteiger partial charge >= 0.3 is 0 Å². The maximum atomic E-state index is 13.7. The summed E-state index contributed by atoms with van der Waals surface area (Å²) in [5.41, 5.74) is 9.10. The summed E-state index contributed by atoms with van der Waals surface area (Å²) in [6.07, 6.45) is 0. The van der Waals surface area contributed by atoms with Crippen molar-refractivity contribution in [2.24, 2.45) is 5.73 Å². The highest BCUT2D eigenvalue weighted by molar-refractivity contribution is 5.81. The Bertz CT molecular complexity index is 913. The van der Waals surface area contributed by atoms with Crippen LogP contribution in [0.25, 0.3) is 0 Å². The number of anilines is 1. The van der Waals surface area contributed by atoms with Crippen molar-refractivity contribution in [1.29, 1.82) is 0 Å². The molecule has 144 valence electrons. The van der Waals surface area contributed by atoms with Gasteiger partial charge < -0.3 is 11.1 Å². The molecule has 0 saturated heterocycles. The molecule has 0 heterocycles. The maximum Gasteiger partial charge on any atom is 0.239 e. The first-order chi connectivity index (χ1) is 13.5. The van der Waals surface area contributed by atoms with Gasteiger partial charge in [-0.3, -0.25) is 9.69 Å². The SMILES string of the molecule is CN(Cc1ccc(NCc2ccccc2F)cc1)C(C(N)=O)c1ccccc1. The second kappa shape index (κ2) is 9.15. The molecule has 28 heavy (non-hydrogen) atoms. The molecule has 0 fully saturated rings. The van der Waals surface area contributed by atoms with E-state index in [0.29, 0.717) is 18.7 Å². The summed E-state index contributed by atoms with van der Waals surface area (Å²) in [6.45, 7) is 1.000. The Kier molecular flexibility index (Phi) is 6.40. The van der Waals surface area contributed by atoms with Crippen molar-refractivity contribution >= 4 is 11.6 Å². The van der Waals surface area contributed by atoms with Crippen molar-refractivity contribution in [3.63, 3.8) is 0 Å². The molecule has 3 N–H and O–H groups in total. The number of nitrogens with zero attached hydrogens (tertiary/aromatic N) is 1. The van der Waals surface area contributed by atoms with Gasteiger partial charge in [0.15, 0.2) is 0 Å². The lowest BCUT2D eigenvalue weighted by Gasteiger charge is -2.26. The van der Waals surface area contributed by atoms with Crippen molar-refractivity contribution < 1.29 is 9.18 Å². The first-order valence-electron chi connectivity index (χ1n) is 9.15. The highest BCUT2D eigenvalue weighted by atomic mass is 19.1. The molecule has 0 bridgehead atoms. The maximum absolute atomic E-state index is 13.7. The number of hydrogen-bond acceptors (Lipinski definition) is 3. The first kappa shape index (κ1) is 19.6. The lowest BCUT2D eigenvalue weighted by molar-refractivity contribution is -0.123. The van der Waals surface area contributed by atoms with Gasteiger partial charge in [-0.05, 0) is 36.4 Å². The van der Waals surface area contributed by atoms with Crippen molar-refractivity contribution in [1.82, 2.24) is 4.90 Å². The molecular formula is C23H24FN3O. The van der Waals surface area contributed by atoms with E-state index >= 15 is 0 Å². The van der Waals surface area contributed by atoms with Crippen LogP contribution in [0.5, 0.6) is 0 Å². The lowest BCUT2D eigenvalue weighted by Crippen LogP contribution is -2.34. The topological polar surface area (TPSA) is 58.4 Å². The van der Waals surface area contributed by atoms with Crippen LogP contribution in [0.3, 0.4) is 0 Å². The molecule has 3 rings (SSSR count). The van der Waals surface area contributed by atoms with Crippen LogP contribution in [-0.2, 0) is 17.9 Å². The smallest absolute Gasteiger partial charge is 0.239 e. The average Bonchev–Trinajstić information content (AvgIpc) is 2.69. The van der Waals surface area contributed by atoms with Gasteiger partial charge in [-0.1, -0.05) is 60.7 Å². The van der Waals surface area contributed by atoms with Crippen LogP contribution in [0.15, 0.2) is 78.9 Å². The zero-order valence-corrected chi connectivity index (χ0v) is 15.8. The molecular weight excluding hydrogens is 353 g/mol. The third kappa shape index (κ3) is 4.96. The summed E-state index contributed by atoms with van der Waals surface area (Å²) < 4.78 is 13.7. The minimum atomic E-state index is -0.486. The normalized spacial score (nSPS) is 12.0.